The molecule has 4 heteroatoms. The molecule has 3 nitrogen and oxygen atoms in total. The second kappa shape index (κ2) is 4.70. The lowest BCUT2D eigenvalue weighted by Crippen LogP contribution is -2.27. The summed E-state index contributed by atoms with van der Waals surface area (Å²) < 4.78 is 18.7. The van der Waals surface area contributed by atoms with Crippen LogP contribution in [0.2, 0.25) is 0 Å². The largest absolute Gasteiger partial charge is 0.507 e. The van der Waals surface area contributed by atoms with E-state index in [9.17, 15) is 9.50 Å². The first-order valence-corrected chi connectivity index (χ1v) is 5.49. The number of phenolic OH excluding ortho intramolecular Hbond substituents is 1. The van der Waals surface area contributed by atoms with E-state index in [0.717, 1.165) is 25.9 Å². The molecule has 0 amide bonds. The number of rotatable bonds is 2. The predicted molar refractivity (Wildman–Crippen MR) is 59.5 cm³/mol. The molecule has 1 saturated heterocycles. The summed E-state index contributed by atoms with van der Waals surface area (Å²) in [4.78, 5) is 0. The van der Waals surface area contributed by atoms with E-state index in [2.05, 4.69) is 5.32 Å². The van der Waals surface area contributed by atoms with Crippen molar-refractivity contribution in [2.75, 3.05) is 20.2 Å². The molecule has 1 heterocycles. The van der Waals surface area contributed by atoms with Gasteiger partial charge >= 0.3 is 0 Å². The van der Waals surface area contributed by atoms with E-state index < -0.39 is 0 Å². The molecule has 0 bridgehead atoms. The van der Waals surface area contributed by atoms with Gasteiger partial charge in [0.25, 0.3) is 0 Å². The maximum absolute atomic E-state index is 13.8. The minimum atomic E-state index is -0.372. The Balaban J connectivity index is 2.32. The van der Waals surface area contributed by atoms with Crippen molar-refractivity contribution in [3.05, 3.63) is 23.5 Å². The Morgan fingerprint density at radius 1 is 1.38 bits per heavy atom. The molecule has 0 radical (unpaired) electrons. The van der Waals surface area contributed by atoms with E-state index in [1.54, 1.807) is 0 Å². The Hall–Kier alpha value is -1.29. The van der Waals surface area contributed by atoms with Crippen LogP contribution < -0.4 is 10.1 Å². The van der Waals surface area contributed by atoms with Crippen LogP contribution in [-0.4, -0.2) is 25.3 Å². The Labute approximate surface area is 94.2 Å². The predicted octanol–water partition coefficient (Wildman–Crippen LogP) is 2.01. The molecule has 2 rings (SSSR count). The molecule has 0 saturated carbocycles. The van der Waals surface area contributed by atoms with E-state index in [1.807, 2.05) is 0 Å². The number of ether oxygens (including phenoxy) is 1. The second-order valence-electron chi connectivity index (χ2n) is 4.07. The fraction of sp³-hybridized carbons (Fsp3) is 0.500. The SMILES string of the molecule is COc1cc(O)c(C2CCNCC2)c(F)c1. The molecule has 1 aromatic carbocycles. The minimum Gasteiger partial charge on any atom is -0.507 e. The van der Waals surface area contributed by atoms with Gasteiger partial charge in [-0.25, -0.2) is 4.39 Å². The Bertz CT molecular complexity index is 352. The van der Waals surface area contributed by atoms with Gasteiger partial charge in [0.1, 0.15) is 17.3 Å². The van der Waals surface area contributed by atoms with Crippen LogP contribution in [0, 0.1) is 5.82 Å². The number of aromatic hydroxyl groups is 1. The van der Waals surface area contributed by atoms with Crippen molar-refractivity contribution in [1.29, 1.82) is 0 Å². The molecule has 1 aliphatic heterocycles. The third-order valence-corrected chi connectivity index (χ3v) is 3.06. The van der Waals surface area contributed by atoms with Crippen LogP contribution in [-0.2, 0) is 0 Å². The third kappa shape index (κ3) is 2.11. The lowest BCUT2D eigenvalue weighted by atomic mass is 9.89. The van der Waals surface area contributed by atoms with Crippen molar-refractivity contribution in [2.24, 2.45) is 0 Å². The molecule has 1 aromatic rings. The zero-order valence-electron chi connectivity index (χ0n) is 9.29. The lowest BCUT2D eigenvalue weighted by molar-refractivity contribution is 0.386. The summed E-state index contributed by atoms with van der Waals surface area (Å²) in [6.45, 7) is 1.74. The molecule has 0 spiro atoms. The summed E-state index contributed by atoms with van der Waals surface area (Å²) in [5.74, 6) is 0.0901. The average Bonchev–Trinajstić information content (AvgIpc) is 2.29. The number of halogens is 1. The van der Waals surface area contributed by atoms with Gasteiger partial charge in [-0.05, 0) is 31.8 Å². The molecule has 0 unspecified atom stereocenters. The van der Waals surface area contributed by atoms with Crippen molar-refractivity contribution in [2.45, 2.75) is 18.8 Å². The number of benzene rings is 1. The van der Waals surface area contributed by atoms with Crippen LogP contribution in [0.15, 0.2) is 12.1 Å². The van der Waals surface area contributed by atoms with Gasteiger partial charge in [0, 0.05) is 17.7 Å². The third-order valence-electron chi connectivity index (χ3n) is 3.06. The fourth-order valence-corrected chi connectivity index (χ4v) is 2.21. The highest BCUT2D eigenvalue weighted by Gasteiger charge is 2.22. The standard InChI is InChI=1S/C12H16FNO2/c1-16-9-6-10(13)12(11(15)7-9)8-2-4-14-5-3-8/h6-8,14-15H,2-5H2,1H3. The van der Waals surface area contributed by atoms with Crippen molar-refractivity contribution >= 4 is 0 Å². The van der Waals surface area contributed by atoms with Gasteiger partial charge in [0.15, 0.2) is 0 Å². The van der Waals surface area contributed by atoms with E-state index in [1.165, 1.54) is 19.2 Å². The molecule has 2 N–H and O–H groups in total. The summed E-state index contributed by atoms with van der Waals surface area (Å²) >= 11 is 0. The van der Waals surface area contributed by atoms with Gasteiger partial charge in [0.2, 0.25) is 0 Å². The molecule has 16 heavy (non-hydrogen) atoms. The highest BCUT2D eigenvalue weighted by Crippen LogP contribution is 2.36. The van der Waals surface area contributed by atoms with Crippen molar-refractivity contribution in [3.63, 3.8) is 0 Å². The first-order valence-electron chi connectivity index (χ1n) is 5.49. The molecular formula is C12H16FNO2. The fourth-order valence-electron chi connectivity index (χ4n) is 2.21. The quantitative estimate of drug-likeness (QED) is 0.809. The number of hydrogen-bond donors (Lipinski definition) is 2. The number of nitrogens with one attached hydrogen (secondary N) is 1. The molecular weight excluding hydrogens is 209 g/mol. The average molecular weight is 225 g/mol. The van der Waals surface area contributed by atoms with Gasteiger partial charge in [-0.3, -0.25) is 0 Å². The van der Waals surface area contributed by atoms with E-state index in [-0.39, 0.29) is 17.5 Å². The highest BCUT2D eigenvalue weighted by molar-refractivity contribution is 5.43. The smallest absolute Gasteiger partial charge is 0.134 e. The van der Waals surface area contributed by atoms with E-state index in [4.69, 9.17) is 4.74 Å². The van der Waals surface area contributed by atoms with Crippen LogP contribution in [0.3, 0.4) is 0 Å². The highest BCUT2D eigenvalue weighted by atomic mass is 19.1. The first kappa shape index (κ1) is 11.2. The molecule has 1 fully saturated rings. The first-order chi connectivity index (χ1) is 7.72. The summed E-state index contributed by atoms with van der Waals surface area (Å²) in [7, 11) is 1.46. The van der Waals surface area contributed by atoms with E-state index in [0.29, 0.717) is 11.3 Å². The normalized spacial score (nSPS) is 17.4. The Morgan fingerprint density at radius 3 is 2.62 bits per heavy atom. The second-order valence-corrected chi connectivity index (χ2v) is 4.07. The van der Waals surface area contributed by atoms with Crippen LogP contribution in [0.25, 0.3) is 0 Å². The zero-order chi connectivity index (χ0) is 11.5. The Morgan fingerprint density at radius 2 is 2.06 bits per heavy atom. The monoisotopic (exact) mass is 225 g/mol. The van der Waals surface area contributed by atoms with Crippen LogP contribution in [0.5, 0.6) is 11.5 Å². The van der Waals surface area contributed by atoms with Crippen molar-refractivity contribution in [1.82, 2.24) is 5.32 Å². The van der Waals surface area contributed by atoms with Gasteiger partial charge in [-0.15, -0.1) is 0 Å². The van der Waals surface area contributed by atoms with Crippen LogP contribution in [0.1, 0.15) is 24.3 Å². The van der Waals surface area contributed by atoms with Gasteiger partial charge in [-0.1, -0.05) is 0 Å². The molecule has 0 aromatic heterocycles. The number of piperidine rings is 1. The molecule has 88 valence electrons. The molecule has 0 atom stereocenters. The number of methoxy groups -OCH3 is 1. The van der Waals surface area contributed by atoms with E-state index >= 15 is 0 Å². The molecule has 1 aliphatic rings. The van der Waals surface area contributed by atoms with Crippen molar-refractivity contribution < 1.29 is 14.2 Å². The Kier molecular flexibility index (Phi) is 3.29. The summed E-state index contributed by atoms with van der Waals surface area (Å²) in [6, 6.07) is 2.80. The topological polar surface area (TPSA) is 41.5 Å². The van der Waals surface area contributed by atoms with Crippen LogP contribution >= 0.6 is 0 Å². The van der Waals surface area contributed by atoms with Gasteiger partial charge in [-0.2, -0.15) is 0 Å². The summed E-state index contributed by atoms with van der Waals surface area (Å²) in [6.07, 6.45) is 1.72. The van der Waals surface area contributed by atoms with Gasteiger partial charge < -0.3 is 15.2 Å². The lowest BCUT2D eigenvalue weighted by Gasteiger charge is -2.24. The molecule has 0 aliphatic carbocycles. The maximum Gasteiger partial charge on any atom is 0.134 e. The minimum absolute atomic E-state index is 0.00347. The number of hydrogen-bond acceptors (Lipinski definition) is 3. The summed E-state index contributed by atoms with van der Waals surface area (Å²) in [5.41, 5.74) is 0.433. The van der Waals surface area contributed by atoms with Crippen LogP contribution in [0.4, 0.5) is 4.39 Å². The maximum atomic E-state index is 13.8. The van der Waals surface area contributed by atoms with Gasteiger partial charge in [0.05, 0.1) is 7.11 Å². The number of phenols is 1. The summed E-state index contributed by atoms with van der Waals surface area (Å²) in [5, 5.41) is 13.0. The zero-order valence-corrected chi connectivity index (χ0v) is 9.29. The van der Waals surface area contributed by atoms with Crippen molar-refractivity contribution in [3.8, 4) is 11.5 Å².